The highest BCUT2D eigenvalue weighted by Gasteiger charge is 2.34. The summed E-state index contributed by atoms with van der Waals surface area (Å²) in [5.41, 5.74) is -1.59. The van der Waals surface area contributed by atoms with Crippen molar-refractivity contribution in [2.75, 3.05) is 5.01 Å². The summed E-state index contributed by atoms with van der Waals surface area (Å²) in [6, 6.07) is 8.86. The monoisotopic (exact) mass is 630 g/mol. The molecular weight excluding hydrogens is 612 g/mol. The Bertz CT molecular complexity index is 2020. The molecule has 1 amide bonds. The van der Waals surface area contributed by atoms with Gasteiger partial charge in [0.1, 0.15) is 5.56 Å². The first-order chi connectivity index (χ1) is 20.2. The molecule has 0 bridgehead atoms. The topological polar surface area (TPSA) is 243 Å². The molecule has 1 aliphatic heterocycles. The van der Waals surface area contributed by atoms with Crippen LogP contribution >= 0.6 is 0 Å². The van der Waals surface area contributed by atoms with Crippen molar-refractivity contribution < 1.29 is 50.2 Å². The summed E-state index contributed by atoms with van der Waals surface area (Å²) in [7, 11) is -8.96. The molecule has 4 N–H and O–H groups in total. The van der Waals surface area contributed by atoms with Crippen molar-refractivity contribution in [1.82, 2.24) is 9.78 Å². The third-order valence-electron chi connectivity index (χ3n) is 5.66. The average molecular weight is 631 g/mol. The second-order valence-corrected chi connectivity index (χ2v) is 11.2. The van der Waals surface area contributed by atoms with Crippen LogP contribution in [0.1, 0.15) is 5.56 Å². The van der Waals surface area contributed by atoms with E-state index in [-0.39, 0.29) is 34.9 Å². The van der Waals surface area contributed by atoms with Crippen LogP contribution in [0.5, 0.6) is 5.88 Å². The molecule has 16 nitrogen and oxygen atoms in total. The van der Waals surface area contributed by atoms with Gasteiger partial charge in [0.25, 0.3) is 38.2 Å². The largest absolute Gasteiger partial charge is 0.476 e. The fraction of sp³-hybridized carbons (Fsp3) is 0. The number of carbonyl (C=O) groups is 3. The van der Waals surface area contributed by atoms with Crippen molar-refractivity contribution >= 4 is 56.1 Å². The Morgan fingerprint density at radius 3 is 1.93 bits per heavy atom. The molecule has 1 aromatic heterocycles. The Balaban J connectivity index is 1.58. The van der Waals surface area contributed by atoms with Gasteiger partial charge in [-0.15, -0.1) is 0 Å². The highest BCUT2D eigenvalue weighted by atomic mass is 32.2. The Labute approximate surface area is 241 Å². The summed E-state index contributed by atoms with van der Waals surface area (Å²) in [6.07, 6.45) is 6.29. The summed E-state index contributed by atoms with van der Waals surface area (Å²) >= 11 is 0. The quantitative estimate of drug-likeness (QED) is 0.107. The molecule has 0 saturated carbocycles. The number of carboxylic acids is 1. The SMILES string of the molecule is O=COc1[nH]n(-c2ccc(S(=O)(=O)O)cc2)c(=O)c1C=CC=CC=C1C(=O)N(c2ccc(S(=O)(=O)O)cc2)N=C1C(=O)O. The maximum Gasteiger partial charge on any atom is 0.357 e. The van der Waals surface area contributed by atoms with E-state index >= 15 is 0 Å². The maximum absolute atomic E-state index is 12.9. The van der Waals surface area contributed by atoms with Crippen LogP contribution in [0.3, 0.4) is 0 Å². The number of allylic oxidation sites excluding steroid dienone is 4. The van der Waals surface area contributed by atoms with Crippen molar-refractivity contribution in [3.05, 3.63) is 94.3 Å². The normalized spacial score (nSPS) is 15.0. The molecule has 0 radical (unpaired) electrons. The molecule has 0 fully saturated rings. The molecule has 2 aromatic carbocycles. The van der Waals surface area contributed by atoms with Crippen LogP contribution in [-0.4, -0.2) is 64.9 Å². The van der Waals surface area contributed by atoms with Crippen LogP contribution in [0.4, 0.5) is 5.69 Å². The molecule has 3 aromatic rings. The Hall–Kier alpha value is -5.43. The number of amides is 1. The predicted octanol–water partition coefficient (Wildman–Crippen LogP) is 1.18. The van der Waals surface area contributed by atoms with Gasteiger partial charge in [-0.25, -0.2) is 9.48 Å². The molecule has 0 unspecified atom stereocenters. The van der Waals surface area contributed by atoms with Gasteiger partial charge >= 0.3 is 5.97 Å². The number of aromatic amines is 1. The fourth-order valence-electron chi connectivity index (χ4n) is 3.69. The highest BCUT2D eigenvalue weighted by molar-refractivity contribution is 7.86. The minimum Gasteiger partial charge on any atom is -0.476 e. The van der Waals surface area contributed by atoms with Gasteiger partial charge in [0, 0.05) is 0 Å². The second-order valence-electron chi connectivity index (χ2n) is 8.34. The van der Waals surface area contributed by atoms with Crippen LogP contribution < -0.4 is 15.3 Å². The van der Waals surface area contributed by atoms with Gasteiger partial charge in [-0.05, 0) is 60.7 Å². The van der Waals surface area contributed by atoms with Crippen molar-refractivity contribution in [2.45, 2.75) is 9.79 Å². The Morgan fingerprint density at radius 1 is 0.860 bits per heavy atom. The number of H-pyrrole nitrogens is 1. The number of hydrazone groups is 1. The molecular formula is C25H18N4O12S2. The number of hydrogen-bond donors (Lipinski definition) is 4. The molecule has 0 saturated heterocycles. The van der Waals surface area contributed by atoms with E-state index in [1.54, 1.807) is 0 Å². The number of nitrogens with zero attached hydrogens (tertiary/aromatic N) is 3. The average Bonchev–Trinajstić information content (AvgIpc) is 3.44. The summed E-state index contributed by atoms with van der Waals surface area (Å²) < 4.78 is 69.0. The molecule has 222 valence electrons. The zero-order chi connectivity index (χ0) is 31.5. The number of hydrogen-bond acceptors (Lipinski definition) is 10. The lowest BCUT2D eigenvalue weighted by atomic mass is 10.1. The van der Waals surface area contributed by atoms with Crippen molar-refractivity contribution in [3.8, 4) is 11.6 Å². The minimum atomic E-state index is -4.49. The number of rotatable bonds is 10. The molecule has 0 atom stereocenters. The number of benzene rings is 2. The number of aromatic nitrogens is 2. The molecule has 43 heavy (non-hydrogen) atoms. The zero-order valence-electron chi connectivity index (χ0n) is 21.3. The first kappa shape index (κ1) is 30.5. The van der Waals surface area contributed by atoms with Crippen LogP contribution in [0.15, 0.2) is 98.1 Å². The van der Waals surface area contributed by atoms with E-state index in [1.807, 2.05) is 0 Å². The Kier molecular flexibility index (Phi) is 8.39. The van der Waals surface area contributed by atoms with Gasteiger partial charge in [0.2, 0.25) is 5.88 Å². The number of aliphatic carboxylic acids is 1. The van der Waals surface area contributed by atoms with Crippen LogP contribution in [-0.2, 0) is 34.6 Å². The van der Waals surface area contributed by atoms with E-state index in [9.17, 15) is 41.1 Å². The van der Waals surface area contributed by atoms with Crippen LogP contribution in [0, 0.1) is 0 Å². The van der Waals surface area contributed by atoms with Gasteiger partial charge in [-0.1, -0.05) is 18.2 Å². The molecule has 1 aliphatic rings. The summed E-state index contributed by atoms with van der Waals surface area (Å²) in [4.78, 5) is 47.6. The first-order valence-electron chi connectivity index (χ1n) is 11.5. The van der Waals surface area contributed by atoms with Gasteiger partial charge in [-0.2, -0.15) is 26.9 Å². The van der Waals surface area contributed by atoms with Gasteiger partial charge in [0.15, 0.2) is 5.71 Å². The zero-order valence-corrected chi connectivity index (χ0v) is 22.9. The van der Waals surface area contributed by atoms with Crippen LogP contribution in [0.25, 0.3) is 11.8 Å². The number of anilines is 1. The number of ether oxygens (including phenoxy) is 1. The van der Waals surface area contributed by atoms with E-state index in [1.165, 1.54) is 36.4 Å². The third kappa shape index (κ3) is 6.57. The van der Waals surface area contributed by atoms with E-state index in [0.717, 1.165) is 52.2 Å². The molecule has 0 spiro atoms. The van der Waals surface area contributed by atoms with Gasteiger partial charge in [0.05, 0.1) is 26.7 Å². The second kappa shape index (κ2) is 11.8. The van der Waals surface area contributed by atoms with Gasteiger partial charge in [-0.3, -0.25) is 28.6 Å². The van der Waals surface area contributed by atoms with Crippen molar-refractivity contribution in [1.29, 1.82) is 0 Å². The Morgan fingerprint density at radius 2 is 1.42 bits per heavy atom. The number of carboxylic acid groups (broad SMARTS) is 1. The smallest absolute Gasteiger partial charge is 0.357 e. The first-order valence-corrected chi connectivity index (χ1v) is 14.4. The summed E-state index contributed by atoms with van der Waals surface area (Å²) in [5, 5.41) is 16.6. The third-order valence-corrected chi connectivity index (χ3v) is 7.39. The van der Waals surface area contributed by atoms with E-state index in [0.29, 0.717) is 0 Å². The predicted molar refractivity (Wildman–Crippen MR) is 148 cm³/mol. The number of carbonyl (C=O) groups excluding carboxylic acids is 2. The lowest BCUT2D eigenvalue weighted by Gasteiger charge is -2.11. The minimum absolute atomic E-state index is 0.0301. The van der Waals surface area contributed by atoms with E-state index in [4.69, 9.17) is 13.8 Å². The number of nitrogens with one attached hydrogen (secondary N) is 1. The lowest BCUT2D eigenvalue weighted by molar-refractivity contribution is -0.129. The summed E-state index contributed by atoms with van der Waals surface area (Å²) in [6.45, 7) is 0.0646. The molecule has 2 heterocycles. The highest BCUT2D eigenvalue weighted by Crippen LogP contribution is 2.25. The van der Waals surface area contributed by atoms with Crippen molar-refractivity contribution in [3.63, 3.8) is 0 Å². The van der Waals surface area contributed by atoms with Crippen molar-refractivity contribution in [2.24, 2.45) is 5.10 Å². The standard InChI is InChI=1S/C25H18N4O12S2/c30-14-41-22-20(24(32)29(27-22)16-8-12-18(13-9-16)43(38,39)40)5-3-1-2-4-19-21(25(33)34)26-28(23(19)31)15-6-10-17(11-7-15)42(35,36)37/h1-14,27H,(H,33,34)(H,35,36,37)(H,38,39,40). The molecule has 18 heteroatoms. The molecule has 4 rings (SSSR count). The molecule has 0 aliphatic carbocycles. The maximum atomic E-state index is 12.9. The van der Waals surface area contributed by atoms with Gasteiger partial charge < -0.3 is 9.84 Å². The fourth-order valence-corrected chi connectivity index (χ4v) is 4.65. The van der Waals surface area contributed by atoms with Crippen LogP contribution in [0.2, 0.25) is 0 Å². The van der Waals surface area contributed by atoms with E-state index in [2.05, 4.69) is 10.2 Å². The van der Waals surface area contributed by atoms with E-state index < -0.39 is 53.2 Å². The summed E-state index contributed by atoms with van der Waals surface area (Å²) in [5.74, 6) is -2.63. The lowest BCUT2D eigenvalue weighted by Crippen LogP contribution is -2.22.